The van der Waals surface area contributed by atoms with Gasteiger partial charge < -0.3 is 10.6 Å². The number of carbonyl (C=O) groups excluding carboxylic acids is 1. The first-order valence-electron chi connectivity index (χ1n) is 7.21. The van der Waals surface area contributed by atoms with Gasteiger partial charge in [0.2, 0.25) is 0 Å². The van der Waals surface area contributed by atoms with Gasteiger partial charge in [0.25, 0.3) is 5.91 Å². The topological polar surface area (TPSA) is 80.5 Å². The number of nitrogens with zero attached hydrogens (tertiary/aromatic N) is 1. The molecule has 2 N–H and O–H groups in total. The van der Waals surface area contributed by atoms with Gasteiger partial charge in [0, 0.05) is 23.8 Å². The van der Waals surface area contributed by atoms with E-state index in [4.69, 9.17) is 5.73 Å². The van der Waals surface area contributed by atoms with Crippen molar-refractivity contribution >= 4 is 21.4 Å². The highest BCUT2D eigenvalue weighted by Gasteiger charge is 2.34. The lowest BCUT2D eigenvalue weighted by atomic mass is 10.0. The molecule has 1 fully saturated rings. The molecule has 116 valence electrons. The number of nitrogens with two attached hydrogens (primary N) is 1. The number of carbonyl (C=O) groups is 1. The van der Waals surface area contributed by atoms with Crippen molar-refractivity contribution in [2.45, 2.75) is 32.7 Å². The minimum absolute atomic E-state index is 0.0695. The van der Waals surface area contributed by atoms with E-state index in [9.17, 15) is 13.2 Å². The van der Waals surface area contributed by atoms with Gasteiger partial charge >= 0.3 is 0 Å². The predicted molar refractivity (Wildman–Crippen MR) is 84.0 cm³/mol. The van der Waals surface area contributed by atoms with Gasteiger partial charge in [0.1, 0.15) is 0 Å². The van der Waals surface area contributed by atoms with Crippen LogP contribution in [0.15, 0.2) is 18.2 Å². The second-order valence-electron chi connectivity index (χ2n) is 5.63. The highest BCUT2D eigenvalue weighted by atomic mass is 32.2. The molecular formula is C15H22N2O3S. The first-order valence-corrected chi connectivity index (χ1v) is 9.03. The summed E-state index contributed by atoms with van der Waals surface area (Å²) in [5.41, 5.74) is 7.73. The van der Waals surface area contributed by atoms with E-state index < -0.39 is 9.84 Å². The number of rotatable bonds is 4. The van der Waals surface area contributed by atoms with Crippen LogP contribution in [0.5, 0.6) is 0 Å². The van der Waals surface area contributed by atoms with Gasteiger partial charge in [0.05, 0.1) is 11.5 Å². The van der Waals surface area contributed by atoms with E-state index in [0.29, 0.717) is 24.2 Å². The first-order chi connectivity index (χ1) is 9.84. The van der Waals surface area contributed by atoms with Gasteiger partial charge in [0.15, 0.2) is 9.84 Å². The summed E-state index contributed by atoms with van der Waals surface area (Å²) in [6.45, 7) is 4.41. The lowest BCUT2D eigenvalue weighted by Gasteiger charge is -2.28. The Morgan fingerprint density at radius 1 is 1.43 bits per heavy atom. The summed E-state index contributed by atoms with van der Waals surface area (Å²) in [4.78, 5) is 14.5. The molecule has 1 saturated heterocycles. The van der Waals surface area contributed by atoms with Crippen molar-refractivity contribution in [3.8, 4) is 0 Å². The van der Waals surface area contributed by atoms with Crippen molar-refractivity contribution in [2.75, 3.05) is 23.8 Å². The molecule has 1 amide bonds. The summed E-state index contributed by atoms with van der Waals surface area (Å²) in [6, 6.07) is 5.03. The molecule has 0 spiro atoms. The van der Waals surface area contributed by atoms with Gasteiger partial charge in [-0.15, -0.1) is 0 Å². The fourth-order valence-corrected chi connectivity index (χ4v) is 4.47. The number of hydrogen-bond acceptors (Lipinski definition) is 4. The van der Waals surface area contributed by atoms with Crippen LogP contribution in [0.3, 0.4) is 0 Å². The molecule has 0 aliphatic carbocycles. The molecule has 6 heteroatoms. The Balaban J connectivity index is 2.30. The van der Waals surface area contributed by atoms with Crippen LogP contribution in [0, 0.1) is 6.92 Å². The van der Waals surface area contributed by atoms with Crippen LogP contribution in [0.25, 0.3) is 0 Å². The molecule has 0 radical (unpaired) electrons. The molecular weight excluding hydrogens is 288 g/mol. The highest BCUT2D eigenvalue weighted by molar-refractivity contribution is 7.91. The van der Waals surface area contributed by atoms with Crippen LogP contribution in [0.4, 0.5) is 5.69 Å². The van der Waals surface area contributed by atoms with E-state index >= 15 is 0 Å². The molecule has 1 aliphatic rings. The molecule has 1 aliphatic heterocycles. The van der Waals surface area contributed by atoms with E-state index in [2.05, 4.69) is 0 Å². The lowest BCUT2D eigenvalue weighted by Crippen LogP contribution is -2.41. The van der Waals surface area contributed by atoms with Crippen molar-refractivity contribution in [3.05, 3.63) is 29.3 Å². The lowest BCUT2D eigenvalue weighted by molar-refractivity contribution is 0.0696. The zero-order chi connectivity index (χ0) is 15.6. The van der Waals surface area contributed by atoms with Crippen molar-refractivity contribution in [1.82, 2.24) is 4.90 Å². The molecule has 2 rings (SSSR count). The Labute approximate surface area is 126 Å². The summed E-state index contributed by atoms with van der Waals surface area (Å²) >= 11 is 0. The van der Waals surface area contributed by atoms with E-state index in [0.717, 1.165) is 12.0 Å². The van der Waals surface area contributed by atoms with E-state index in [1.807, 2.05) is 19.9 Å². The molecule has 1 heterocycles. The summed E-state index contributed by atoms with van der Waals surface area (Å²) in [7, 11) is -3.01. The van der Waals surface area contributed by atoms with Gasteiger partial charge in [-0.25, -0.2) is 8.42 Å². The third-order valence-electron chi connectivity index (χ3n) is 3.87. The maximum Gasteiger partial charge on any atom is 0.254 e. The van der Waals surface area contributed by atoms with E-state index in [1.54, 1.807) is 17.0 Å². The molecule has 1 aromatic rings. The van der Waals surface area contributed by atoms with Crippen molar-refractivity contribution < 1.29 is 13.2 Å². The Morgan fingerprint density at radius 3 is 2.71 bits per heavy atom. The van der Waals surface area contributed by atoms with E-state index in [1.165, 1.54) is 0 Å². The molecule has 5 nitrogen and oxygen atoms in total. The van der Waals surface area contributed by atoms with Crippen molar-refractivity contribution in [3.63, 3.8) is 0 Å². The maximum absolute atomic E-state index is 12.8. The molecule has 21 heavy (non-hydrogen) atoms. The van der Waals surface area contributed by atoms with Gasteiger partial charge in [-0.2, -0.15) is 0 Å². The average Bonchev–Trinajstić information content (AvgIpc) is 2.78. The Kier molecular flexibility index (Phi) is 4.56. The minimum Gasteiger partial charge on any atom is -0.399 e. The Morgan fingerprint density at radius 2 is 2.14 bits per heavy atom. The molecule has 0 aromatic heterocycles. The van der Waals surface area contributed by atoms with Crippen LogP contribution in [0.2, 0.25) is 0 Å². The summed E-state index contributed by atoms with van der Waals surface area (Å²) in [6.07, 6.45) is 1.32. The molecule has 1 atom stereocenters. The van der Waals surface area contributed by atoms with Gasteiger partial charge in [-0.05, 0) is 37.5 Å². The Bertz CT molecular complexity index is 640. The number of amides is 1. The number of nitrogen functional groups attached to an aromatic ring is 1. The number of anilines is 1. The smallest absolute Gasteiger partial charge is 0.254 e. The average molecular weight is 310 g/mol. The third kappa shape index (κ3) is 3.56. The Hall–Kier alpha value is -1.56. The van der Waals surface area contributed by atoms with E-state index in [-0.39, 0.29) is 23.5 Å². The molecule has 0 bridgehead atoms. The predicted octanol–water partition coefficient (Wildman–Crippen LogP) is 1.62. The number of sulfone groups is 1. The number of benzene rings is 1. The zero-order valence-electron chi connectivity index (χ0n) is 12.5. The van der Waals surface area contributed by atoms with Crippen molar-refractivity contribution in [1.29, 1.82) is 0 Å². The largest absolute Gasteiger partial charge is 0.399 e. The normalized spacial score (nSPS) is 20.4. The van der Waals surface area contributed by atoms with Gasteiger partial charge in [-0.1, -0.05) is 13.0 Å². The molecule has 0 saturated carbocycles. The first kappa shape index (κ1) is 15.8. The quantitative estimate of drug-likeness (QED) is 0.857. The molecule has 1 aromatic carbocycles. The molecule has 1 unspecified atom stereocenters. The summed E-state index contributed by atoms with van der Waals surface area (Å²) in [5, 5.41) is 0. The zero-order valence-corrected chi connectivity index (χ0v) is 13.3. The standard InChI is InChI=1S/C15H22N2O3S/c1-3-7-17(13-6-8-21(19,20)10-13)15(18)14-9-12(16)5-4-11(14)2/h4-5,9,13H,3,6-8,10,16H2,1-2H3. The van der Waals surface area contributed by atoms with Crippen LogP contribution in [-0.2, 0) is 9.84 Å². The van der Waals surface area contributed by atoms with Crippen LogP contribution in [-0.4, -0.2) is 43.3 Å². The van der Waals surface area contributed by atoms with Crippen LogP contribution in [0.1, 0.15) is 35.7 Å². The van der Waals surface area contributed by atoms with Crippen molar-refractivity contribution in [2.24, 2.45) is 0 Å². The van der Waals surface area contributed by atoms with Crippen LogP contribution < -0.4 is 5.73 Å². The second kappa shape index (κ2) is 6.05. The summed E-state index contributed by atoms with van der Waals surface area (Å²) in [5.74, 6) is 0.116. The SMILES string of the molecule is CCCN(C(=O)c1cc(N)ccc1C)C1CCS(=O)(=O)C1. The third-order valence-corrected chi connectivity index (χ3v) is 5.62. The second-order valence-corrected chi connectivity index (χ2v) is 7.86. The number of hydrogen-bond donors (Lipinski definition) is 1. The fourth-order valence-electron chi connectivity index (χ4n) is 2.74. The number of aryl methyl sites for hydroxylation is 1. The fraction of sp³-hybridized carbons (Fsp3) is 0.533. The minimum atomic E-state index is -3.01. The van der Waals surface area contributed by atoms with Crippen LogP contribution >= 0.6 is 0 Å². The monoisotopic (exact) mass is 310 g/mol. The summed E-state index contributed by atoms with van der Waals surface area (Å²) < 4.78 is 23.3. The van der Waals surface area contributed by atoms with Gasteiger partial charge in [-0.3, -0.25) is 4.79 Å². The maximum atomic E-state index is 12.8. The highest BCUT2D eigenvalue weighted by Crippen LogP contribution is 2.22.